The molecule has 0 saturated carbocycles. The molecule has 2 aromatic rings. The second kappa shape index (κ2) is 19.6. The molecule has 0 N–H and O–H groups in total. The highest BCUT2D eigenvalue weighted by molar-refractivity contribution is 5.81. The van der Waals surface area contributed by atoms with Crippen LogP contribution >= 0.6 is 0 Å². The largest absolute Gasteiger partial charge is 0.460 e. The van der Waals surface area contributed by atoms with Crippen LogP contribution < -0.4 is 0 Å². The highest BCUT2D eigenvalue weighted by Crippen LogP contribution is 2.24. The van der Waals surface area contributed by atoms with Crippen molar-refractivity contribution in [2.24, 2.45) is 0 Å². The molecule has 2 aromatic carbocycles. The first-order valence-corrected chi connectivity index (χ1v) is 12.9. The number of rotatable bonds is 8. The summed E-state index contributed by atoms with van der Waals surface area (Å²) in [5, 5.41) is 8.38. The monoisotopic (exact) mass is 558 g/mol. The maximum atomic E-state index is 11.7. The van der Waals surface area contributed by atoms with Crippen LogP contribution in [0, 0.1) is 17.9 Å². The number of nitrogens with zero attached hydrogens (tertiary/aromatic N) is 2. The summed E-state index contributed by atoms with van der Waals surface area (Å²) in [4.78, 5) is 25.8. The number of carbonyl (C=O) groups is 2. The van der Waals surface area contributed by atoms with Crippen molar-refractivity contribution < 1.29 is 19.1 Å². The van der Waals surface area contributed by atoms with E-state index in [0.29, 0.717) is 12.8 Å². The number of ether oxygens (including phenoxy) is 2. The lowest BCUT2D eigenvalue weighted by molar-refractivity contribution is -0.155. The fourth-order valence-corrected chi connectivity index (χ4v) is 3.01. The normalized spacial score (nSPS) is 10.6. The van der Waals surface area contributed by atoms with E-state index in [4.69, 9.17) is 21.3 Å². The summed E-state index contributed by atoms with van der Waals surface area (Å²) in [5.74, 6) is -0.628. The smallest absolute Gasteiger partial charge is 0.330 e. The van der Waals surface area contributed by atoms with Crippen molar-refractivity contribution >= 4 is 24.1 Å². The highest BCUT2D eigenvalue weighted by Gasteiger charge is 2.21. The summed E-state index contributed by atoms with van der Waals surface area (Å²) in [5.41, 5.74) is 3.21. The Morgan fingerprint density at radius 2 is 1.37 bits per heavy atom. The third kappa shape index (κ3) is 19.3. The average molecular weight is 559 g/mol. The maximum Gasteiger partial charge on any atom is 0.330 e. The summed E-state index contributed by atoms with van der Waals surface area (Å²) < 4.78 is 10.1. The van der Waals surface area contributed by atoms with Crippen molar-refractivity contribution in [3.8, 4) is 6.07 Å². The molecule has 0 aliphatic heterocycles. The van der Waals surface area contributed by atoms with E-state index in [9.17, 15) is 9.59 Å². The van der Waals surface area contributed by atoms with Gasteiger partial charge in [-0.1, -0.05) is 87.8 Å². The zero-order valence-corrected chi connectivity index (χ0v) is 24.7. The molecule has 0 aliphatic rings. The third-order valence-corrected chi connectivity index (χ3v) is 4.83. The van der Waals surface area contributed by atoms with Gasteiger partial charge in [-0.25, -0.2) is 11.4 Å². The predicted molar refractivity (Wildman–Crippen MR) is 170 cm³/mol. The molecule has 0 bridgehead atoms. The van der Waals surface area contributed by atoms with Gasteiger partial charge in [0.1, 0.15) is 11.2 Å². The van der Waals surface area contributed by atoms with E-state index < -0.39 is 11.2 Å². The number of esters is 2. The van der Waals surface area contributed by atoms with Crippen LogP contribution in [0.1, 0.15) is 90.1 Å². The average Bonchev–Trinajstić information content (AvgIpc) is 2.89. The molecule has 1 atom stereocenters. The van der Waals surface area contributed by atoms with Crippen LogP contribution in [0.2, 0.25) is 0 Å². The van der Waals surface area contributed by atoms with Gasteiger partial charge < -0.3 is 14.3 Å². The van der Waals surface area contributed by atoms with Gasteiger partial charge in [0, 0.05) is 18.1 Å². The van der Waals surface area contributed by atoms with Gasteiger partial charge in [0.05, 0.1) is 18.9 Å². The zero-order chi connectivity index (χ0) is 30.8. The Hall–Kier alpha value is -4.42. The van der Waals surface area contributed by atoms with Crippen LogP contribution in [-0.2, 0) is 25.5 Å². The molecule has 0 fully saturated rings. The summed E-state index contributed by atoms with van der Waals surface area (Å²) >= 11 is 0. The van der Waals surface area contributed by atoms with E-state index in [1.165, 1.54) is 0 Å². The Balaban J connectivity index is 0. The Labute approximate surface area is 247 Å². The first-order valence-electron chi connectivity index (χ1n) is 12.9. The molecule has 0 amide bonds. The maximum absolute atomic E-state index is 11.7. The highest BCUT2D eigenvalue weighted by atomic mass is 16.6. The molecule has 2 rings (SSSR count). The molecule has 0 aromatic heterocycles. The number of nitriles is 1. The van der Waals surface area contributed by atoms with E-state index in [2.05, 4.69) is 30.7 Å². The second-order valence-corrected chi connectivity index (χ2v) is 10.7. The van der Waals surface area contributed by atoms with Crippen molar-refractivity contribution in [3.63, 3.8) is 0 Å². The minimum atomic E-state index is -0.476. The molecule has 0 spiro atoms. The fraction of sp³-hybridized carbons (Fsp3) is 0.371. The minimum Gasteiger partial charge on any atom is -0.460 e. The second-order valence-electron chi connectivity index (χ2n) is 10.7. The number of hydrogen-bond acceptors (Lipinski definition) is 5. The van der Waals surface area contributed by atoms with Crippen molar-refractivity contribution in [2.45, 2.75) is 85.5 Å². The number of benzene rings is 2. The molecule has 1 unspecified atom stereocenters. The topological polar surface area (TPSA) is 80.8 Å². The minimum absolute atomic E-state index is 0. The van der Waals surface area contributed by atoms with Gasteiger partial charge in [-0.15, -0.1) is 0 Å². The first-order chi connectivity index (χ1) is 18.7. The third-order valence-electron chi connectivity index (χ3n) is 4.83. The van der Waals surface area contributed by atoms with Crippen LogP contribution in [-0.4, -0.2) is 23.1 Å². The molecular formula is C35H46N2O4. The van der Waals surface area contributed by atoms with Crippen molar-refractivity contribution in [2.75, 3.05) is 0 Å². The SMILES string of the molecule is C.C=CC(=O)OC(C)(C)C.C=Cc1ccc(CC#N)cc1.[C-]#[N+]C(CCC(=O)OC(C)(C)C)c1ccc(C=C)cc1. The van der Waals surface area contributed by atoms with E-state index in [0.717, 1.165) is 28.3 Å². The van der Waals surface area contributed by atoms with E-state index in [-0.39, 0.29) is 31.8 Å². The molecule has 6 heteroatoms. The molecule has 41 heavy (non-hydrogen) atoms. The predicted octanol–water partition coefficient (Wildman–Crippen LogP) is 8.96. The van der Waals surface area contributed by atoms with Gasteiger partial charge in [0.25, 0.3) is 0 Å². The molecule has 0 aliphatic carbocycles. The fourth-order valence-electron chi connectivity index (χ4n) is 3.01. The Morgan fingerprint density at radius 1 is 0.902 bits per heavy atom. The first kappa shape index (κ1) is 38.7. The van der Waals surface area contributed by atoms with Gasteiger partial charge in [-0.3, -0.25) is 4.79 Å². The van der Waals surface area contributed by atoms with Gasteiger partial charge in [-0.2, -0.15) is 5.26 Å². The van der Waals surface area contributed by atoms with Crippen molar-refractivity contribution in [1.82, 2.24) is 0 Å². The number of carbonyl (C=O) groups excluding carboxylic acids is 2. The lowest BCUT2D eigenvalue weighted by Gasteiger charge is -2.19. The van der Waals surface area contributed by atoms with Crippen LogP contribution in [0.3, 0.4) is 0 Å². The van der Waals surface area contributed by atoms with Crippen LogP contribution in [0.25, 0.3) is 17.0 Å². The summed E-state index contributed by atoms with van der Waals surface area (Å²) in [7, 11) is 0. The van der Waals surface area contributed by atoms with E-state index in [1.807, 2.05) is 90.1 Å². The lowest BCUT2D eigenvalue weighted by atomic mass is 10.0. The lowest BCUT2D eigenvalue weighted by Crippen LogP contribution is -2.23. The molecule has 0 saturated heterocycles. The van der Waals surface area contributed by atoms with Crippen LogP contribution in [0.4, 0.5) is 0 Å². The van der Waals surface area contributed by atoms with Gasteiger partial charge >= 0.3 is 11.9 Å². The summed E-state index contributed by atoms with van der Waals surface area (Å²) in [6.45, 7) is 28.8. The van der Waals surface area contributed by atoms with E-state index in [1.54, 1.807) is 12.2 Å². The molecule has 6 nitrogen and oxygen atoms in total. The van der Waals surface area contributed by atoms with Gasteiger partial charge in [-0.05, 0) is 58.2 Å². The molecule has 0 heterocycles. The Kier molecular flexibility index (Phi) is 18.5. The molecule has 0 radical (unpaired) electrons. The van der Waals surface area contributed by atoms with Crippen molar-refractivity contribution in [1.29, 1.82) is 5.26 Å². The van der Waals surface area contributed by atoms with Crippen molar-refractivity contribution in [3.05, 3.63) is 108 Å². The summed E-state index contributed by atoms with van der Waals surface area (Å²) in [6, 6.07) is 17.3. The van der Waals surface area contributed by atoms with Gasteiger partial charge in [0.15, 0.2) is 0 Å². The Morgan fingerprint density at radius 3 is 1.71 bits per heavy atom. The Bertz CT molecular complexity index is 1180. The standard InChI is InChI=1S/C17H21NO2.C10H9N.C7H12O2.CH4/c1-6-13-7-9-14(10-8-13)15(18-5)11-12-16(19)20-17(2,3)4;1-2-9-3-5-10(6-4-9)7-8-11;1-5-6(8)9-7(2,3)4;/h6-10,15H,1,11-12H2,2-4H3;2-6H,1,7H2;5H,1H2,2-4H3;1H4. The van der Waals surface area contributed by atoms with Crippen LogP contribution in [0.5, 0.6) is 0 Å². The summed E-state index contributed by atoms with van der Waals surface area (Å²) in [6.07, 6.45) is 5.93. The van der Waals surface area contributed by atoms with E-state index >= 15 is 0 Å². The van der Waals surface area contributed by atoms with Gasteiger partial charge in [0.2, 0.25) is 6.04 Å². The molecule has 220 valence electrons. The molecular weight excluding hydrogens is 512 g/mol. The quantitative estimate of drug-likeness (QED) is 0.183. The van der Waals surface area contributed by atoms with Crippen LogP contribution in [0.15, 0.2) is 74.3 Å². The zero-order valence-electron chi connectivity index (χ0n) is 24.7. The number of hydrogen-bond donors (Lipinski definition) is 0.